The molecule has 0 heterocycles. The van der Waals surface area contributed by atoms with E-state index in [1.54, 1.807) is 0 Å². The van der Waals surface area contributed by atoms with Gasteiger partial charge in [0.25, 0.3) is 0 Å². The summed E-state index contributed by atoms with van der Waals surface area (Å²) < 4.78 is 43.1. The Morgan fingerprint density at radius 3 is 2.41 bits per heavy atom. The first-order valence-corrected chi connectivity index (χ1v) is 8.47. The molecule has 0 aromatic heterocycles. The smallest absolute Gasteiger partial charge is 0.407 e. The average Bonchev–Trinajstić information content (AvgIpc) is 2.55. The molecule has 5 nitrogen and oxygen atoms in total. The molecule has 1 aromatic rings. The van der Waals surface area contributed by atoms with Gasteiger partial charge in [0, 0.05) is 20.5 Å². The molecule has 0 radical (unpaired) electrons. The highest BCUT2D eigenvalue weighted by atomic mass is 35.5. The van der Waals surface area contributed by atoms with Gasteiger partial charge in [-0.05, 0) is 17.7 Å². The summed E-state index contributed by atoms with van der Waals surface area (Å²) in [6.07, 6.45) is -5.68. The van der Waals surface area contributed by atoms with Crippen molar-refractivity contribution in [2.45, 2.75) is 24.6 Å². The van der Waals surface area contributed by atoms with E-state index in [0.717, 1.165) is 4.90 Å². The third kappa shape index (κ3) is 6.62. The number of ether oxygens (including phenoxy) is 1. The van der Waals surface area contributed by atoms with Gasteiger partial charge in [0.05, 0.1) is 16.6 Å². The zero-order valence-electron chi connectivity index (χ0n) is 14.7. The lowest BCUT2D eigenvalue weighted by molar-refractivity contribution is -0.162. The molecule has 0 aliphatic heterocycles. The Morgan fingerprint density at radius 1 is 1.30 bits per heavy atom. The SMILES string of the molecule is C=CCC(CN(C)C(=O)CC(F)(F)F)(OC(=O)NC)c1ccc(Cl)c(Cl)c1. The molecular formula is C17H19Cl2F3N2O3. The van der Waals surface area contributed by atoms with Crippen molar-refractivity contribution in [2.24, 2.45) is 0 Å². The van der Waals surface area contributed by atoms with E-state index in [1.165, 1.54) is 38.4 Å². The summed E-state index contributed by atoms with van der Waals surface area (Å²) in [4.78, 5) is 24.7. The predicted molar refractivity (Wildman–Crippen MR) is 96.8 cm³/mol. The maximum absolute atomic E-state index is 12.5. The Hall–Kier alpha value is -1.93. The Bertz CT molecular complexity index is 713. The molecule has 1 rings (SSSR count). The summed E-state index contributed by atoms with van der Waals surface area (Å²) >= 11 is 11.9. The number of nitrogens with zero attached hydrogens (tertiary/aromatic N) is 1. The highest BCUT2D eigenvalue weighted by Crippen LogP contribution is 2.35. The van der Waals surface area contributed by atoms with Gasteiger partial charge >= 0.3 is 12.3 Å². The lowest BCUT2D eigenvalue weighted by atomic mass is 9.89. The maximum atomic E-state index is 12.5. The van der Waals surface area contributed by atoms with E-state index >= 15 is 0 Å². The van der Waals surface area contributed by atoms with E-state index in [0.29, 0.717) is 5.56 Å². The number of hydrogen-bond donors (Lipinski definition) is 1. The van der Waals surface area contributed by atoms with Crippen molar-refractivity contribution in [3.05, 3.63) is 46.5 Å². The quantitative estimate of drug-likeness (QED) is 0.651. The van der Waals surface area contributed by atoms with E-state index in [9.17, 15) is 22.8 Å². The van der Waals surface area contributed by atoms with Crippen molar-refractivity contribution >= 4 is 35.2 Å². The fraction of sp³-hybridized carbons (Fsp3) is 0.412. The first kappa shape index (κ1) is 23.1. The molecule has 0 aliphatic carbocycles. The van der Waals surface area contributed by atoms with Crippen LogP contribution < -0.4 is 5.32 Å². The lowest BCUT2D eigenvalue weighted by Crippen LogP contribution is -2.46. The molecule has 1 N–H and O–H groups in total. The molecule has 150 valence electrons. The van der Waals surface area contributed by atoms with Gasteiger partial charge in [-0.15, -0.1) is 6.58 Å². The first-order chi connectivity index (χ1) is 12.4. The lowest BCUT2D eigenvalue weighted by Gasteiger charge is -2.36. The molecule has 0 bridgehead atoms. The highest BCUT2D eigenvalue weighted by Gasteiger charge is 2.40. The van der Waals surface area contributed by atoms with Crippen LogP contribution in [0.5, 0.6) is 0 Å². The second-order valence-corrected chi connectivity index (χ2v) is 6.61. The molecule has 10 heteroatoms. The standard InChI is InChI=1S/C17H19Cl2F3N2O3/c1-4-7-16(27-15(26)23-2,11-5-6-12(18)13(19)8-11)10-24(3)14(25)9-17(20,21)22/h4-6,8H,1,7,9-10H2,2-3H3,(H,23,26). The first-order valence-electron chi connectivity index (χ1n) is 7.72. The molecule has 1 atom stereocenters. The number of rotatable bonds is 7. The van der Waals surface area contributed by atoms with E-state index < -0.39 is 30.2 Å². The Morgan fingerprint density at radius 2 is 1.93 bits per heavy atom. The molecular weight excluding hydrogens is 408 g/mol. The number of benzene rings is 1. The van der Waals surface area contributed by atoms with Gasteiger partial charge in [-0.3, -0.25) is 4.79 Å². The number of alkyl carbamates (subject to hydrolysis) is 1. The summed E-state index contributed by atoms with van der Waals surface area (Å²) in [5.41, 5.74) is -1.15. The van der Waals surface area contributed by atoms with Crippen LogP contribution in [0.3, 0.4) is 0 Å². The molecule has 0 aliphatic rings. The summed E-state index contributed by atoms with van der Waals surface area (Å²) in [5.74, 6) is -1.17. The number of amides is 2. The topological polar surface area (TPSA) is 58.6 Å². The van der Waals surface area contributed by atoms with Crippen molar-refractivity contribution in [1.29, 1.82) is 0 Å². The molecule has 1 aromatic carbocycles. The van der Waals surface area contributed by atoms with Crippen molar-refractivity contribution in [1.82, 2.24) is 10.2 Å². The number of carbonyl (C=O) groups excluding carboxylic acids is 2. The molecule has 0 saturated carbocycles. The van der Waals surface area contributed by atoms with Crippen LogP contribution >= 0.6 is 23.2 Å². The van der Waals surface area contributed by atoms with E-state index in [1.807, 2.05) is 0 Å². The van der Waals surface area contributed by atoms with Gasteiger partial charge in [-0.25, -0.2) is 4.79 Å². The largest absolute Gasteiger partial charge is 0.436 e. The minimum Gasteiger partial charge on any atom is -0.436 e. The normalized spacial score (nSPS) is 13.4. The Kier molecular flexibility index (Phi) is 7.98. The highest BCUT2D eigenvalue weighted by molar-refractivity contribution is 6.42. The summed E-state index contributed by atoms with van der Waals surface area (Å²) in [7, 11) is 2.52. The minimum atomic E-state index is -4.66. The summed E-state index contributed by atoms with van der Waals surface area (Å²) in [6, 6.07) is 4.41. The zero-order chi connectivity index (χ0) is 20.8. The Labute approximate surface area is 165 Å². The second-order valence-electron chi connectivity index (χ2n) is 5.80. The van der Waals surface area contributed by atoms with Gasteiger partial charge < -0.3 is 15.0 Å². The molecule has 0 fully saturated rings. The van der Waals surface area contributed by atoms with Crippen LogP contribution in [-0.4, -0.2) is 43.7 Å². The zero-order valence-corrected chi connectivity index (χ0v) is 16.2. The monoisotopic (exact) mass is 426 g/mol. The van der Waals surface area contributed by atoms with Gasteiger partial charge in [-0.1, -0.05) is 35.3 Å². The minimum absolute atomic E-state index is 0.0159. The number of alkyl halides is 3. The van der Waals surface area contributed by atoms with E-state index in [2.05, 4.69) is 11.9 Å². The van der Waals surface area contributed by atoms with Gasteiger partial charge in [0.2, 0.25) is 5.91 Å². The molecule has 0 saturated heterocycles. The Balaban J connectivity index is 3.33. The molecule has 2 amide bonds. The fourth-order valence-corrected chi connectivity index (χ4v) is 2.72. The van der Waals surface area contributed by atoms with Crippen molar-refractivity contribution in [3.63, 3.8) is 0 Å². The molecule has 1 unspecified atom stereocenters. The van der Waals surface area contributed by atoms with E-state index in [-0.39, 0.29) is 23.0 Å². The van der Waals surface area contributed by atoms with Gasteiger partial charge in [-0.2, -0.15) is 13.2 Å². The fourth-order valence-electron chi connectivity index (χ4n) is 2.43. The molecule has 27 heavy (non-hydrogen) atoms. The van der Waals surface area contributed by atoms with Crippen LogP contribution in [0.15, 0.2) is 30.9 Å². The van der Waals surface area contributed by atoms with Crippen LogP contribution in [-0.2, 0) is 15.1 Å². The van der Waals surface area contributed by atoms with Crippen LogP contribution in [0.4, 0.5) is 18.0 Å². The van der Waals surface area contributed by atoms with Crippen molar-refractivity contribution < 1.29 is 27.5 Å². The average molecular weight is 427 g/mol. The number of halogens is 5. The van der Waals surface area contributed by atoms with Gasteiger partial charge in [0.1, 0.15) is 6.42 Å². The van der Waals surface area contributed by atoms with Gasteiger partial charge in [0.15, 0.2) is 5.60 Å². The third-order valence-corrected chi connectivity index (χ3v) is 4.42. The summed E-state index contributed by atoms with van der Waals surface area (Å²) in [5, 5.41) is 2.68. The number of likely N-dealkylation sites (N-methyl/N-ethyl adjacent to an activating group) is 1. The van der Waals surface area contributed by atoms with Crippen molar-refractivity contribution in [3.8, 4) is 0 Å². The number of carbonyl (C=O) groups is 2. The summed E-state index contributed by atoms with van der Waals surface area (Å²) in [6.45, 7) is 3.25. The number of nitrogens with one attached hydrogen (secondary N) is 1. The van der Waals surface area contributed by atoms with Crippen molar-refractivity contribution in [2.75, 3.05) is 20.6 Å². The van der Waals surface area contributed by atoms with Crippen LogP contribution in [0.1, 0.15) is 18.4 Å². The van der Waals surface area contributed by atoms with Crippen LogP contribution in [0, 0.1) is 0 Å². The van der Waals surface area contributed by atoms with Crippen LogP contribution in [0.25, 0.3) is 0 Å². The van der Waals surface area contributed by atoms with E-state index in [4.69, 9.17) is 27.9 Å². The molecule has 0 spiro atoms. The third-order valence-electron chi connectivity index (χ3n) is 3.68. The van der Waals surface area contributed by atoms with Crippen LogP contribution in [0.2, 0.25) is 10.0 Å². The maximum Gasteiger partial charge on any atom is 0.407 e. The second kappa shape index (κ2) is 9.32. The predicted octanol–water partition coefficient (Wildman–Crippen LogP) is 4.53. The number of hydrogen-bond acceptors (Lipinski definition) is 3.